The fourth-order valence-corrected chi connectivity index (χ4v) is 3.29. The second-order valence-corrected chi connectivity index (χ2v) is 6.91. The van der Waals surface area contributed by atoms with Crippen molar-refractivity contribution in [1.29, 1.82) is 0 Å². The highest BCUT2D eigenvalue weighted by atomic mass is 32.2. The van der Waals surface area contributed by atoms with Gasteiger partial charge in [-0.15, -0.1) is 0 Å². The van der Waals surface area contributed by atoms with E-state index >= 15 is 0 Å². The van der Waals surface area contributed by atoms with E-state index in [-0.39, 0.29) is 12.5 Å². The van der Waals surface area contributed by atoms with E-state index in [1.807, 2.05) is 0 Å². The van der Waals surface area contributed by atoms with Crippen molar-refractivity contribution >= 4 is 10.2 Å². The Morgan fingerprint density at radius 3 is 2.61 bits per heavy atom. The average Bonchev–Trinajstić information content (AvgIpc) is 2.36. The van der Waals surface area contributed by atoms with Crippen LogP contribution in [-0.2, 0) is 14.9 Å². The summed E-state index contributed by atoms with van der Waals surface area (Å²) in [4.78, 5) is 0. The molecule has 108 valence electrons. The molecule has 1 atom stereocenters. The van der Waals surface area contributed by atoms with Crippen LogP contribution in [-0.4, -0.2) is 69.1 Å². The molecule has 0 saturated carbocycles. The van der Waals surface area contributed by atoms with E-state index < -0.39 is 10.2 Å². The third-order valence-electron chi connectivity index (χ3n) is 3.19. The van der Waals surface area contributed by atoms with Crippen molar-refractivity contribution in [3.63, 3.8) is 0 Å². The third-order valence-corrected chi connectivity index (χ3v) is 5.10. The summed E-state index contributed by atoms with van der Waals surface area (Å²) in [7, 11) is -0.273. The van der Waals surface area contributed by atoms with Crippen LogP contribution in [0.25, 0.3) is 0 Å². The van der Waals surface area contributed by atoms with Crippen molar-refractivity contribution in [1.82, 2.24) is 8.61 Å². The van der Waals surface area contributed by atoms with Crippen molar-refractivity contribution in [3.05, 3.63) is 0 Å². The van der Waals surface area contributed by atoms with Crippen LogP contribution in [0.15, 0.2) is 0 Å². The first-order valence-electron chi connectivity index (χ1n) is 6.34. The molecule has 0 spiro atoms. The van der Waals surface area contributed by atoms with Crippen molar-refractivity contribution in [3.8, 4) is 0 Å². The highest BCUT2D eigenvalue weighted by molar-refractivity contribution is 7.86. The molecule has 1 rings (SSSR count). The molecule has 0 aliphatic carbocycles. The minimum Gasteiger partial charge on any atom is -0.396 e. The lowest BCUT2D eigenvalue weighted by atomic mass is 10.0. The summed E-state index contributed by atoms with van der Waals surface area (Å²) in [6.07, 6.45) is 2.47. The zero-order valence-corrected chi connectivity index (χ0v) is 12.0. The summed E-state index contributed by atoms with van der Waals surface area (Å²) >= 11 is 0. The highest BCUT2D eigenvalue weighted by Crippen LogP contribution is 2.16. The molecule has 18 heavy (non-hydrogen) atoms. The van der Waals surface area contributed by atoms with E-state index in [2.05, 4.69) is 0 Å². The number of nitrogens with zero attached hydrogens (tertiary/aromatic N) is 2. The van der Waals surface area contributed by atoms with Gasteiger partial charge >= 0.3 is 0 Å². The van der Waals surface area contributed by atoms with Gasteiger partial charge in [0.2, 0.25) is 0 Å². The van der Waals surface area contributed by atoms with Gasteiger partial charge in [0.1, 0.15) is 0 Å². The largest absolute Gasteiger partial charge is 0.396 e. The van der Waals surface area contributed by atoms with Gasteiger partial charge in [-0.05, 0) is 25.2 Å². The maximum Gasteiger partial charge on any atom is 0.281 e. The van der Waals surface area contributed by atoms with Gasteiger partial charge in [-0.1, -0.05) is 0 Å². The smallest absolute Gasteiger partial charge is 0.281 e. The van der Waals surface area contributed by atoms with Gasteiger partial charge in [0, 0.05) is 40.4 Å². The lowest BCUT2D eigenvalue weighted by Crippen LogP contribution is -2.43. The number of aliphatic hydroxyl groups excluding tert-OH is 1. The van der Waals surface area contributed by atoms with E-state index in [9.17, 15) is 8.42 Å². The van der Waals surface area contributed by atoms with Crippen LogP contribution in [0.4, 0.5) is 0 Å². The fraction of sp³-hybridized carbons (Fsp3) is 1.00. The van der Waals surface area contributed by atoms with Crippen LogP contribution in [0, 0.1) is 5.92 Å². The maximum atomic E-state index is 12.1. The molecule has 1 N–H and O–H groups in total. The summed E-state index contributed by atoms with van der Waals surface area (Å²) in [5.41, 5.74) is 0. The lowest BCUT2D eigenvalue weighted by Gasteiger charge is -2.29. The van der Waals surface area contributed by atoms with E-state index in [0.29, 0.717) is 26.1 Å². The number of rotatable bonds is 7. The fourth-order valence-electron chi connectivity index (χ4n) is 2.06. The molecule has 0 aromatic rings. The zero-order chi connectivity index (χ0) is 13.6. The van der Waals surface area contributed by atoms with E-state index in [1.165, 1.54) is 8.61 Å². The van der Waals surface area contributed by atoms with E-state index in [1.54, 1.807) is 14.1 Å². The number of hydrogen-bond donors (Lipinski definition) is 1. The average molecular weight is 280 g/mol. The Balaban J connectivity index is 2.49. The van der Waals surface area contributed by atoms with Gasteiger partial charge < -0.3 is 9.84 Å². The quantitative estimate of drug-likeness (QED) is 0.707. The second kappa shape index (κ2) is 7.40. The van der Waals surface area contributed by atoms with Gasteiger partial charge in [0.25, 0.3) is 10.2 Å². The summed E-state index contributed by atoms with van der Waals surface area (Å²) in [6.45, 7) is 2.25. The predicted octanol–water partition coefficient (Wildman–Crippen LogP) is -0.0962. The molecule has 0 amide bonds. The number of aliphatic hydroxyl groups is 1. The Labute approximate surface area is 110 Å². The highest BCUT2D eigenvalue weighted by Gasteiger charge is 2.26. The van der Waals surface area contributed by atoms with Gasteiger partial charge in [-0.25, -0.2) is 0 Å². The molecule has 0 radical (unpaired) electrons. The molecule has 0 aromatic heterocycles. The van der Waals surface area contributed by atoms with Crippen molar-refractivity contribution in [2.75, 3.05) is 47.0 Å². The van der Waals surface area contributed by atoms with Crippen LogP contribution in [0.5, 0.6) is 0 Å². The Hall–Kier alpha value is -0.210. The molecule has 0 bridgehead atoms. The van der Waals surface area contributed by atoms with Gasteiger partial charge in [-0.3, -0.25) is 0 Å². The molecule has 1 unspecified atom stereocenters. The summed E-state index contributed by atoms with van der Waals surface area (Å²) < 4.78 is 32.3. The topological polar surface area (TPSA) is 70.1 Å². The van der Waals surface area contributed by atoms with E-state index in [4.69, 9.17) is 9.84 Å². The molecule has 1 saturated heterocycles. The Morgan fingerprint density at radius 2 is 2.06 bits per heavy atom. The standard InChI is InChI=1S/C11H24N2O4S/c1-12(6-4-7-14)18(15,16)13(2)9-11-5-3-8-17-10-11/h11,14H,3-10H2,1-2H3. The molecule has 6 nitrogen and oxygen atoms in total. The van der Waals surface area contributed by atoms with Crippen LogP contribution >= 0.6 is 0 Å². The number of hydrogen-bond acceptors (Lipinski definition) is 4. The Kier molecular flexibility index (Phi) is 6.51. The third kappa shape index (κ3) is 4.47. The zero-order valence-electron chi connectivity index (χ0n) is 11.2. The monoisotopic (exact) mass is 280 g/mol. The Morgan fingerprint density at radius 1 is 1.33 bits per heavy atom. The first-order chi connectivity index (χ1) is 8.48. The first kappa shape index (κ1) is 15.8. The summed E-state index contributed by atoms with van der Waals surface area (Å²) in [6, 6.07) is 0. The van der Waals surface area contributed by atoms with Gasteiger partial charge in [0.05, 0.1) is 6.61 Å². The Bertz CT molecular complexity index is 328. The number of ether oxygens (including phenoxy) is 1. The van der Waals surface area contributed by atoms with Crippen LogP contribution in [0.2, 0.25) is 0 Å². The minimum atomic E-state index is -3.41. The second-order valence-electron chi connectivity index (χ2n) is 4.77. The van der Waals surface area contributed by atoms with Crippen LogP contribution in [0.3, 0.4) is 0 Å². The molecular weight excluding hydrogens is 256 g/mol. The molecular formula is C11H24N2O4S. The van der Waals surface area contributed by atoms with Crippen LogP contribution in [0.1, 0.15) is 19.3 Å². The predicted molar refractivity (Wildman–Crippen MR) is 69.4 cm³/mol. The minimum absolute atomic E-state index is 0.0000390. The molecule has 1 aliphatic rings. The van der Waals surface area contributed by atoms with Crippen LogP contribution < -0.4 is 0 Å². The van der Waals surface area contributed by atoms with Crippen molar-refractivity contribution in [2.45, 2.75) is 19.3 Å². The summed E-state index contributed by atoms with van der Waals surface area (Å²) in [5.74, 6) is 0.282. The molecule has 7 heteroatoms. The lowest BCUT2D eigenvalue weighted by molar-refractivity contribution is 0.0491. The molecule has 1 heterocycles. The molecule has 1 aliphatic heterocycles. The summed E-state index contributed by atoms with van der Waals surface area (Å²) in [5, 5.41) is 8.73. The van der Waals surface area contributed by atoms with Crippen molar-refractivity contribution < 1.29 is 18.3 Å². The van der Waals surface area contributed by atoms with Gasteiger partial charge in [0.15, 0.2) is 0 Å². The molecule has 0 aromatic carbocycles. The first-order valence-corrected chi connectivity index (χ1v) is 7.74. The molecule has 1 fully saturated rings. The van der Waals surface area contributed by atoms with Crippen molar-refractivity contribution in [2.24, 2.45) is 5.92 Å². The van der Waals surface area contributed by atoms with Gasteiger partial charge in [-0.2, -0.15) is 17.0 Å². The SMILES string of the molecule is CN(CCCO)S(=O)(=O)N(C)CC1CCCOC1. The maximum absolute atomic E-state index is 12.1. The van der Waals surface area contributed by atoms with E-state index in [0.717, 1.165) is 19.4 Å². The normalized spacial score (nSPS) is 21.7.